The fourth-order valence-corrected chi connectivity index (χ4v) is 5.52. The number of aromatic nitrogens is 4. The number of nitrogens with zero attached hydrogens (tertiary/aromatic N) is 6. The highest BCUT2D eigenvalue weighted by atomic mass is 32.2. The average Bonchev–Trinajstić information content (AvgIpc) is 3.37. The minimum absolute atomic E-state index is 0.0522. The molecule has 12 heteroatoms. The van der Waals surface area contributed by atoms with Crippen LogP contribution in [0, 0.1) is 5.82 Å². The van der Waals surface area contributed by atoms with Crippen LogP contribution in [0.25, 0.3) is 16.0 Å². The van der Waals surface area contributed by atoms with Gasteiger partial charge in [-0.1, -0.05) is 23.1 Å². The van der Waals surface area contributed by atoms with Gasteiger partial charge < -0.3 is 10.2 Å². The number of hydrogen-bond donors (Lipinski definition) is 1. The molecule has 0 bridgehead atoms. The summed E-state index contributed by atoms with van der Waals surface area (Å²) in [5, 5.41) is 3.99. The minimum atomic E-state index is -0.391. The van der Waals surface area contributed by atoms with Crippen molar-refractivity contribution in [3.8, 4) is 0 Å². The standard InChI is InChI=1S/C21H20FN7O2S2/c1-13(30)28-7-5-27(6-8-28)12-18(31)26-21-25-15-9-14(22)16(10-17(15)33-21)32-19-11-24-20-23-3-2-4-29(19)20/h2-4,9-11H,5-8,12H2,1H3,(H,25,26,31). The predicted molar refractivity (Wildman–Crippen MR) is 124 cm³/mol. The topological polar surface area (TPSA) is 95.7 Å². The Morgan fingerprint density at radius 3 is 2.82 bits per heavy atom. The Balaban J connectivity index is 1.27. The molecular formula is C21H20FN7O2S2. The maximum Gasteiger partial charge on any atom is 0.240 e. The van der Waals surface area contributed by atoms with Crippen molar-refractivity contribution in [3.63, 3.8) is 0 Å². The molecule has 0 aliphatic carbocycles. The molecule has 0 atom stereocenters. The van der Waals surface area contributed by atoms with Crippen LogP contribution in [0.3, 0.4) is 0 Å². The summed E-state index contributed by atoms with van der Waals surface area (Å²) in [4.78, 5) is 40.9. The van der Waals surface area contributed by atoms with Crippen LogP contribution >= 0.6 is 23.1 Å². The molecule has 1 aromatic carbocycles. The molecule has 33 heavy (non-hydrogen) atoms. The van der Waals surface area contributed by atoms with Gasteiger partial charge in [0.15, 0.2) is 5.13 Å². The minimum Gasteiger partial charge on any atom is -0.340 e. The molecule has 1 saturated heterocycles. The van der Waals surface area contributed by atoms with Gasteiger partial charge in [0.1, 0.15) is 10.8 Å². The fraction of sp³-hybridized carbons (Fsp3) is 0.286. The maximum atomic E-state index is 14.8. The molecule has 5 rings (SSSR count). The van der Waals surface area contributed by atoms with E-state index in [1.165, 1.54) is 29.2 Å². The Hall–Kier alpha value is -3.09. The number of thiazole rings is 1. The molecule has 0 saturated carbocycles. The summed E-state index contributed by atoms with van der Waals surface area (Å²) in [5.41, 5.74) is 0.493. The lowest BCUT2D eigenvalue weighted by Crippen LogP contribution is -2.49. The van der Waals surface area contributed by atoms with E-state index < -0.39 is 5.82 Å². The fourth-order valence-electron chi connectivity index (χ4n) is 3.64. The Kier molecular flexibility index (Phi) is 5.96. The summed E-state index contributed by atoms with van der Waals surface area (Å²) in [7, 11) is 0. The molecule has 1 aliphatic rings. The normalized spacial score (nSPS) is 14.8. The van der Waals surface area contributed by atoms with Crippen molar-refractivity contribution in [3.05, 3.63) is 42.6 Å². The molecule has 3 aromatic heterocycles. The average molecular weight is 486 g/mol. The quantitative estimate of drug-likeness (QED) is 0.464. The summed E-state index contributed by atoms with van der Waals surface area (Å²) < 4.78 is 17.3. The van der Waals surface area contributed by atoms with Crippen molar-refractivity contribution in [2.45, 2.75) is 16.8 Å². The zero-order valence-electron chi connectivity index (χ0n) is 17.7. The summed E-state index contributed by atoms with van der Waals surface area (Å²) in [5.74, 6) is 0.0277. The number of hydrogen-bond acceptors (Lipinski definition) is 8. The number of carbonyl (C=O) groups is 2. The molecule has 0 unspecified atom stereocenters. The molecule has 9 nitrogen and oxygen atoms in total. The molecule has 4 heterocycles. The van der Waals surface area contributed by atoms with Gasteiger partial charge in [0.25, 0.3) is 0 Å². The first kappa shape index (κ1) is 21.7. The van der Waals surface area contributed by atoms with Crippen LogP contribution in [0.2, 0.25) is 0 Å². The van der Waals surface area contributed by atoms with Crippen LogP contribution in [-0.4, -0.2) is 73.7 Å². The molecule has 0 spiro atoms. The number of nitrogens with one attached hydrogen (secondary N) is 1. The molecule has 1 N–H and O–H groups in total. The SMILES string of the molecule is CC(=O)N1CCN(CC(=O)Nc2nc3cc(F)c(Sc4cnc5ncccn45)cc3s2)CC1. The van der Waals surface area contributed by atoms with Crippen molar-refractivity contribution in [1.82, 2.24) is 29.2 Å². The van der Waals surface area contributed by atoms with Crippen LogP contribution in [0.15, 0.2) is 46.7 Å². The maximum absolute atomic E-state index is 14.8. The van der Waals surface area contributed by atoms with Gasteiger partial charge in [0, 0.05) is 51.6 Å². The third-order valence-corrected chi connectivity index (χ3v) is 7.32. The van der Waals surface area contributed by atoms with Gasteiger partial charge in [-0.2, -0.15) is 0 Å². The van der Waals surface area contributed by atoms with E-state index in [1.54, 1.807) is 40.8 Å². The van der Waals surface area contributed by atoms with Crippen LogP contribution in [-0.2, 0) is 9.59 Å². The lowest BCUT2D eigenvalue weighted by Gasteiger charge is -2.33. The zero-order chi connectivity index (χ0) is 22.9. The molecule has 2 amide bonds. The van der Waals surface area contributed by atoms with Gasteiger partial charge >= 0.3 is 0 Å². The summed E-state index contributed by atoms with van der Waals surface area (Å²) >= 11 is 2.56. The number of fused-ring (bicyclic) bond motifs is 2. The van der Waals surface area contributed by atoms with Gasteiger partial charge in [0.2, 0.25) is 17.6 Å². The van der Waals surface area contributed by atoms with Crippen LogP contribution in [0.1, 0.15) is 6.92 Å². The Bertz CT molecular complexity index is 1350. The number of amides is 2. The van der Waals surface area contributed by atoms with Crippen molar-refractivity contribution in [2.24, 2.45) is 0 Å². The van der Waals surface area contributed by atoms with E-state index in [0.29, 0.717) is 47.5 Å². The van der Waals surface area contributed by atoms with E-state index in [4.69, 9.17) is 0 Å². The number of benzene rings is 1. The van der Waals surface area contributed by atoms with E-state index in [9.17, 15) is 14.0 Å². The monoisotopic (exact) mass is 485 g/mol. The van der Waals surface area contributed by atoms with E-state index in [-0.39, 0.29) is 18.4 Å². The van der Waals surface area contributed by atoms with E-state index in [2.05, 4.69) is 20.3 Å². The molecular weight excluding hydrogens is 465 g/mol. The van der Waals surface area contributed by atoms with Gasteiger partial charge in [0.05, 0.1) is 27.9 Å². The number of anilines is 1. The van der Waals surface area contributed by atoms with E-state index in [0.717, 1.165) is 9.73 Å². The van der Waals surface area contributed by atoms with Crippen molar-refractivity contribution < 1.29 is 14.0 Å². The smallest absolute Gasteiger partial charge is 0.240 e. The number of imidazole rings is 1. The van der Waals surface area contributed by atoms with Crippen LogP contribution in [0.5, 0.6) is 0 Å². The lowest BCUT2D eigenvalue weighted by molar-refractivity contribution is -0.130. The number of carbonyl (C=O) groups excluding carboxylic acids is 2. The third kappa shape index (κ3) is 4.68. The number of rotatable bonds is 5. The summed E-state index contributed by atoms with van der Waals surface area (Å²) in [6.45, 7) is 4.31. The highest BCUT2D eigenvalue weighted by Crippen LogP contribution is 2.35. The van der Waals surface area contributed by atoms with Gasteiger partial charge in [-0.05, 0) is 12.1 Å². The van der Waals surface area contributed by atoms with Gasteiger partial charge in [-0.25, -0.2) is 19.3 Å². The first-order valence-corrected chi connectivity index (χ1v) is 11.9. The van der Waals surface area contributed by atoms with Crippen molar-refractivity contribution >= 4 is 56.0 Å². The predicted octanol–water partition coefficient (Wildman–Crippen LogP) is 2.73. The summed E-state index contributed by atoms with van der Waals surface area (Å²) in [6.07, 6.45) is 5.14. The second-order valence-electron chi connectivity index (χ2n) is 7.59. The third-order valence-electron chi connectivity index (χ3n) is 5.34. The number of piperazine rings is 1. The van der Waals surface area contributed by atoms with Gasteiger partial charge in [-0.15, -0.1) is 0 Å². The van der Waals surface area contributed by atoms with Crippen molar-refractivity contribution in [2.75, 3.05) is 38.0 Å². The van der Waals surface area contributed by atoms with Gasteiger partial charge in [-0.3, -0.25) is 18.9 Å². The summed E-state index contributed by atoms with van der Waals surface area (Å²) in [6, 6.07) is 4.91. The first-order chi connectivity index (χ1) is 16.0. The van der Waals surface area contributed by atoms with Crippen molar-refractivity contribution in [1.29, 1.82) is 0 Å². The lowest BCUT2D eigenvalue weighted by atomic mass is 10.3. The molecule has 0 radical (unpaired) electrons. The van der Waals surface area contributed by atoms with Crippen LogP contribution in [0.4, 0.5) is 9.52 Å². The molecule has 1 aliphatic heterocycles. The second-order valence-corrected chi connectivity index (χ2v) is 9.68. The molecule has 1 fully saturated rings. The van der Waals surface area contributed by atoms with E-state index in [1.807, 2.05) is 11.1 Å². The first-order valence-electron chi connectivity index (χ1n) is 10.3. The highest BCUT2D eigenvalue weighted by Gasteiger charge is 2.21. The largest absolute Gasteiger partial charge is 0.340 e. The Morgan fingerprint density at radius 1 is 1.21 bits per heavy atom. The Labute approximate surface area is 196 Å². The zero-order valence-corrected chi connectivity index (χ0v) is 19.3. The highest BCUT2D eigenvalue weighted by molar-refractivity contribution is 7.99. The number of halogens is 1. The van der Waals surface area contributed by atoms with E-state index >= 15 is 0 Å². The molecule has 4 aromatic rings. The molecule has 170 valence electrons. The second kappa shape index (κ2) is 9.04. The Morgan fingerprint density at radius 2 is 2.03 bits per heavy atom. The van der Waals surface area contributed by atoms with Crippen LogP contribution < -0.4 is 5.32 Å².